The number of halogens is 3. The van der Waals surface area contributed by atoms with Crippen LogP contribution < -0.4 is 10.4 Å². The van der Waals surface area contributed by atoms with Crippen LogP contribution in [-0.4, -0.2) is 52.7 Å². The summed E-state index contributed by atoms with van der Waals surface area (Å²) in [5, 5.41) is 0. The van der Waals surface area contributed by atoms with Gasteiger partial charge in [0.25, 0.3) is 0 Å². The van der Waals surface area contributed by atoms with E-state index in [1.165, 1.54) is 18.2 Å². The number of imidazole rings is 1. The lowest BCUT2D eigenvalue weighted by Crippen LogP contribution is -2.45. The van der Waals surface area contributed by atoms with Gasteiger partial charge in [-0.25, -0.2) is 4.79 Å². The molecule has 2 fully saturated rings. The molecule has 4 rings (SSSR count). The Balaban J connectivity index is 1.40. The molecule has 9 heteroatoms. The summed E-state index contributed by atoms with van der Waals surface area (Å²) >= 11 is 0. The van der Waals surface area contributed by atoms with Crippen LogP contribution in [0.2, 0.25) is 0 Å². The third-order valence-electron chi connectivity index (χ3n) is 6.50. The van der Waals surface area contributed by atoms with Crippen LogP contribution in [0.1, 0.15) is 57.9 Å². The molecular formula is C22H30F3N3O3. The number of fused-ring (bicyclic) bond motifs is 1. The van der Waals surface area contributed by atoms with Crippen molar-refractivity contribution in [2.45, 2.75) is 76.4 Å². The number of aromatic nitrogens is 2. The number of H-pyrrole nitrogens is 1. The Labute approximate surface area is 179 Å². The van der Waals surface area contributed by atoms with E-state index in [0.29, 0.717) is 23.2 Å². The van der Waals surface area contributed by atoms with Gasteiger partial charge in [0.1, 0.15) is 5.75 Å². The van der Waals surface area contributed by atoms with Gasteiger partial charge in [-0.15, -0.1) is 13.2 Å². The van der Waals surface area contributed by atoms with Crippen molar-refractivity contribution < 1.29 is 22.6 Å². The molecule has 2 heterocycles. The summed E-state index contributed by atoms with van der Waals surface area (Å²) in [5.74, 6) is -0.313. The van der Waals surface area contributed by atoms with Gasteiger partial charge in [-0.1, -0.05) is 6.92 Å². The Kier molecular flexibility index (Phi) is 6.62. The molecule has 31 heavy (non-hydrogen) atoms. The molecule has 0 atom stereocenters. The molecule has 1 aliphatic carbocycles. The summed E-state index contributed by atoms with van der Waals surface area (Å²) in [4.78, 5) is 17.8. The lowest BCUT2D eigenvalue weighted by molar-refractivity contribution is -0.274. The average Bonchev–Trinajstić information content (AvgIpc) is 3.06. The van der Waals surface area contributed by atoms with Gasteiger partial charge in [0, 0.05) is 37.8 Å². The predicted octanol–water partition coefficient (Wildman–Crippen LogP) is 4.60. The first-order chi connectivity index (χ1) is 14.8. The molecule has 1 N–H and O–H groups in total. The van der Waals surface area contributed by atoms with E-state index >= 15 is 0 Å². The fourth-order valence-corrected chi connectivity index (χ4v) is 5.03. The molecule has 0 spiro atoms. The predicted molar refractivity (Wildman–Crippen MR) is 111 cm³/mol. The zero-order valence-corrected chi connectivity index (χ0v) is 17.8. The van der Waals surface area contributed by atoms with E-state index < -0.39 is 6.36 Å². The Morgan fingerprint density at radius 2 is 1.77 bits per heavy atom. The molecule has 0 amide bonds. The second kappa shape index (κ2) is 9.24. The zero-order valence-electron chi connectivity index (χ0n) is 17.8. The number of ether oxygens (including phenoxy) is 2. The van der Waals surface area contributed by atoms with Gasteiger partial charge in [-0.05, 0) is 57.1 Å². The number of aromatic amines is 1. The van der Waals surface area contributed by atoms with Crippen LogP contribution in [0.4, 0.5) is 13.2 Å². The van der Waals surface area contributed by atoms with Crippen LogP contribution in [0.25, 0.3) is 11.0 Å². The summed E-state index contributed by atoms with van der Waals surface area (Å²) in [7, 11) is 0. The van der Waals surface area contributed by atoms with Crippen molar-refractivity contribution in [3.8, 4) is 5.75 Å². The number of nitrogens with zero attached hydrogens (tertiary/aromatic N) is 2. The maximum absolute atomic E-state index is 12.6. The first kappa shape index (κ1) is 22.2. The molecular weight excluding hydrogens is 411 g/mol. The highest BCUT2D eigenvalue weighted by atomic mass is 19.4. The van der Waals surface area contributed by atoms with Crippen molar-refractivity contribution >= 4 is 11.0 Å². The van der Waals surface area contributed by atoms with Crippen LogP contribution in [0, 0.1) is 0 Å². The second-order valence-corrected chi connectivity index (χ2v) is 8.60. The minimum absolute atomic E-state index is 0.0390. The maximum Gasteiger partial charge on any atom is 0.573 e. The highest BCUT2D eigenvalue weighted by molar-refractivity contribution is 5.77. The van der Waals surface area contributed by atoms with Crippen molar-refractivity contribution in [2.75, 3.05) is 19.7 Å². The van der Waals surface area contributed by atoms with Crippen LogP contribution in [0.15, 0.2) is 23.0 Å². The Bertz CT molecular complexity index is 923. The number of hydrogen-bond donors (Lipinski definition) is 1. The fourth-order valence-electron chi connectivity index (χ4n) is 5.03. The van der Waals surface area contributed by atoms with Crippen molar-refractivity contribution in [3.05, 3.63) is 28.7 Å². The zero-order chi connectivity index (χ0) is 22.0. The summed E-state index contributed by atoms with van der Waals surface area (Å²) in [6, 6.07) is 4.49. The Hall–Kier alpha value is -2.00. The van der Waals surface area contributed by atoms with Crippen LogP contribution in [0.5, 0.6) is 5.75 Å². The number of alkyl halides is 3. The largest absolute Gasteiger partial charge is 0.573 e. The monoisotopic (exact) mass is 441 g/mol. The van der Waals surface area contributed by atoms with E-state index in [2.05, 4.69) is 21.5 Å². The highest BCUT2D eigenvalue weighted by Crippen LogP contribution is 2.32. The van der Waals surface area contributed by atoms with E-state index in [1.54, 1.807) is 4.57 Å². The molecule has 172 valence electrons. The van der Waals surface area contributed by atoms with Crippen LogP contribution in [-0.2, 0) is 4.74 Å². The smallest absolute Gasteiger partial charge is 0.406 e. The highest BCUT2D eigenvalue weighted by Gasteiger charge is 2.32. The van der Waals surface area contributed by atoms with Gasteiger partial charge in [0.05, 0.1) is 17.1 Å². The molecule has 0 bridgehead atoms. The molecule has 2 aromatic rings. The molecule has 1 aromatic heterocycles. The van der Waals surface area contributed by atoms with E-state index in [4.69, 9.17) is 4.74 Å². The number of benzene rings is 1. The Morgan fingerprint density at radius 3 is 2.42 bits per heavy atom. The van der Waals surface area contributed by atoms with Crippen molar-refractivity contribution in [1.82, 2.24) is 14.5 Å². The van der Waals surface area contributed by atoms with E-state index in [0.717, 1.165) is 64.6 Å². The molecule has 1 saturated carbocycles. The van der Waals surface area contributed by atoms with E-state index in [9.17, 15) is 18.0 Å². The second-order valence-electron chi connectivity index (χ2n) is 8.60. The third kappa shape index (κ3) is 5.26. The van der Waals surface area contributed by atoms with Crippen LogP contribution >= 0.6 is 0 Å². The normalized spacial score (nSPS) is 24.0. The number of likely N-dealkylation sites (tertiary alicyclic amines) is 1. The molecule has 1 aliphatic heterocycles. The maximum atomic E-state index is 12.6. The molecule has 1 saturated heterocycles. The topological polar surface area (TPSA) is 59.5 Å². The quantitative estimate of drug-likeness (QED) is 0.712. The fraction of sp³-hybridized carbons (Fsp3) is 0.682. The molecule has 1 aromatic carbocycles. The minimum atomic E-state index is -4.76. The van der Waals surface area contributed by atoms with E-state index in [-0.39, 0.29) is 17.5 Å². The van der Waals surface area contributed by atoms with Crippen molar-refractivity contribution in [1.29, 1.82) is 0 Å². The minimum Gasteiger partial charge on any atom is -0.406 e. The number of hydrogen-bond acceptors (Lipinski definition) is 4. The van der Waals surface area contributed by atoms with Crippen molar-refractivity contribution in [3.63, 3.8) is 0 Å². The molecule has 6 nitrogen and oxygen atoms in total. The van der Waals surface area contributed by atoms with Crippen molar-refractivity contribution in [2.24, 2.45) is 0 Å². The van der Waals surface area contributed by atoms with Gasteiger partial charge in [0.15, 0.2) is 0 Å². The Morgan fingerprint density at radius 1 is 1.06 bits per heavy atom. The lowest BCUT2D eigenvalue weighted by atomic mass is 9.90. The summed E-state index contributed by atoms with van der Waals surface area (Å²) in [6.07, 6.45) is 2.70. The standard InChI is InChI=1S/C22H30F3N3O3/c1-2-13-30-17-5-3-15(4-6-17)27-11-9-16(10-12-27)28-20-14-18(31-22(23,24)25)7-8-19(20)26-21(28)29/h7-8,14-17H,2-6,9-13H2,1H3,(H,26,29). The van der Waals surface area contributed by atoms with Crippen LogP contribution in [0.3, 0.4) is 0 Å². The average molecular weight is 441 g/mol. The van der Waals surface area contributed by atoms with E-state index in [1.807, 2.05) is 0 Å². The summed E-state index contributed by atoms with van der Waals surface area (Å²) in [5.41, 5.74) is 0.692. The molecule has 0 unspecified atom stereocenters. The van der Waals surface area contributed by atoms with Gasteiger partial charge in [-0.2, -0.15) is 0 Å². The first-order valence-electron chi connectivity index (χ1n) is 11.2. The van der Waals surface area contributed by atoms with Gasteiger partial charge < -0.3 is 19.4 Å². The molecule has 2 aliphatic rings. The van der Waals surface area contributed by atoms with Gasteiger partial charge >= 0.3 is 12.1 Å². The number of rotatable bonds is 6. The first-order valence-corrected chi connectivity index (χ1v) is 11.2. The SMILES string of the molecule is CCCOC1CCC(N2CCC(n3c(=O)[nH]c4ccc(OC(F)(F)F)cc43)CC2)CC1. The van der Waals surface area contributed by atoms with Gasteiger partial charge in [-0.3, -0.25) is 4.57 Å². The third-order valence-corrected chi connectivity index (χ3v) is 6.50. The lowest BCUT2D eigenvalue weighted by Gasteiger charge is -2.41. The number of nitrogens with one attached hydrogen (secondary N) is 1. The molecule has 0 radical (unpaired) electrons. The number of piperidine rings is 1. The van der Waals surface area contributed by atoms with Gasteiger partial charge in [0.2, 0.25) is 0 Å². The summed E-state index contributed by atoms with van der Waals surface area (Å²) in [6.45, 7) is 4.72. The summed E-state index contributed by atoms with van der Waals surface area (Å²) < 4.78 is 49.3.